The van der Waals surface area contributed by atoms with Gasteiger partial charge in [-0.2, -0.15) is 0 Å². The van der Waals surface area contributed by atoms with Crippen molar-refractivity contribution in [2.45, 2.75) is 31.6 Å². The Balaban J connectivity index is 1.39. The van der Waals surface area contributed by atoms with E-state index in [1.165, 1.54) is 12.1 Å². The maximum Gasteiger partial charge on any atom is 0.303 e. The highest BCUT2D eigenvalue weighted by Gasteiger charge is 2.32. The van der Waals surface area contributed by atoms with Gasteiger partial charge < -0.3 is 10.0 Å². The van der Waals surface area contributed by atoms with Gasteiger partial charge in [0.05, 0.1) is 22.4 Å². The fraction of sp³-hybridized carbons (Fsp3) is 0.241. The normalized spacial score (nSPS) is 13.5. The summed E-state index contributed by atoms with van der Waals surface area (Å²) in [6, 6.07) is 19.2. The fourth-order valence-electron chi connectivity index (χ4n) is 4.60. The van der Waals surface area contributed by atoms with E-state index in [0.29, 0.717) is 54.0 Å². The Bertz CT molecular complexity index is 1470. The average Bonchev–Trinajstić information content (AvgIpc) is 2.85. The van der Waals surface area contributed by atoms with E-state index in [2.05, 4.69) is 0 Å². The molecule has 5 rings (SSSR count). The van der Waals surface area contributed by atoms with E-state index in [1.807, 2.05) is 18.2 Å². The highest BCUT2D eigenvalue weighted by molar-refractivity contribution is 6.30. The summed E-state index contributed by atoms with van der Waals surface area (Å²) in [7, 11) is 0. The third-order valence-corrected chi connectivity index (χ3v) is 6.90. The highest BCUT2D eigenvalue weighted by atomic mass is 35.5. The number of fused-ring (bicyclic) bond motifs is 1. The molecule has 1 aliphatic rings. The van der Waals surface area contributed by atoms with Gasteiger partial charge >= 0.3 is 5.97 Å². The molecule has 37 heavy (non-hydrogen) atoms. The molecule has 0 aliphatic carbocycles. The average molecular weight is 518 g/mol. The number of rotatable bonds is 8. The van der Waals surface area contributed by atoms with Gasteiger partial charge in [0.15, 0.2) is 0 Å². The predicted octanol–water partition coefficient (Wildman–Crippen LogP) is 6.13. The minimum atomic E-state index is -0.823. The molecule has 1 saturated heterocycles. The summed E-state index contributed by atoms with van der Waals surface area (Å²) in [6.45, 7) is 1.08. The number of hydrogen-bond donors (Lipinski definition) is 1. The Morgan fingerprint density at radius 2 is 1.76 bits per heavy atom. The molecule has 1 aromatic heterocycles. The van der Waals surface area contributed by atoms with Crippen molar-refractivity contribution in [3.05, 3.63) is 94.4 Å². The second-order valence-corrected chi connectivity index (χ2v) is 9.73. The van der Waals surface area contributed by atoms with E-state index in [9.17, 15) is 14.0 Å². The molecule has 188 valence electrons. The molecule has 1 fully saturated rings. The number of aliphatic carboxylic acids is 1. The maximum absolute atomic E-state index is 13.6. The number of aromatic nitrogens is 2. The first-order valence-corrected chi connectivity index (χ1v) is 12.6. The monoisotopic (exact) mass is 517 g/mol. The Kier molecular flexibility index (Phi) is 7.15. The van der Waals surface area contributed by atoms with Crippen molar-refractivity contribution < 1.29 is 19.1 Å². The number of carbonyl (C=O) groups excluding carboxylic acids is 1. The number of benzene rings is 3. The summed E-state index contributed by atoms with van der Waals surface area (Å²) in [5, 5.41) is 9.58. The molecule has 0 saturated carbocycles. The molecule has 0 atom stereocenters. The van der Waals surface area contributed by atoms with Gasteiger partial charge in [-0.15, -0.1) is 0 Å². The van der Waals surface area contributed by atoms with Crippen LogP contribution in [0.5, 0.6) is 0 Å². The van der Waals surface area contributed by atoms with E-state index >= 15 is 0 Å². The number of carbonyl (C=O) groups is 2. The number of hydrogen-bond acceptors (Lipinski definition) is 4. The van der Waals surface area contributed by atoms with Crippen LogP contribution in [0, 0.1) is 5.82 Å². The van der Waals surface area contributed by atoms with Crippen molar-refractivity contribution >= 4 is 34.5 Å². The number of nitrogens with zero attached hydrogens (tertiary/aromatic N) is 3. The van der Waals surface area contributed by atoms with Crippen LogP contribution in [0.15, 0.2) is 66.7 Å². The number of aryl methyl sites for hydroxylation is 1. The molecular weight excluding hydrogens is 493 g/mol. The van der Waals surface area contributed by atoms with Gasteiger partial charge in [0.25, 0.3) is 5.91 Å². The van der Waals surface area contributed by atoms with E-state index < -0.39 is 5.97 Å². The van der Waals surface area contributed by atoms with Crippen LogP contribution in [0.1, 0.15) is 46.8 Å². The highest BCUT2D eigenvalue weighted by Crippen LogP contribution is 2.30. The summed E-state index contributed by atoms with van der Waals surface area (Å²) in [6.07, 6.45) is 1.85. The van der Waals surface area contributed by atoms with Crippen LogP contribution in [0.3, 0.4) is 0 Å². The van der Waals surface area contributed by atoms with E-state index in [-0.39, 0.29) is 24.1 Å². The van der Waals surface area contributed by atoms with Crippen LogP contribution in [0.4, 0.5) is 4.39 Å². The van der Waals surface area contributed by atoms with Crippen molar-refractivity contribution in [2.75, 3.05) is 13.1 Å². The first-order valence-electron chi connectivity index (χ1n) is 12.2. The standard InChI is InChI=1S/C29H25ClFN3O3/c30-22-11-8-18(9-12-22)28-25(6-1-2-7-27(35)36)32-26-15-20(10-13-24(26)33-28)29(37)34-16-21(17-34)19-4-3-5-23(31)14-19/h3-5,8-15,21H,1-2,6-7,16-17H2,(H,35,36). The van der Waals surface area contributed by atoms with Crippen LogP contribution >= 0.6 is 11.6 Å². The third-order valence-electron chi connectivity index (χ3n) is 6.64. The lowest BCUT2D eigenvalue weighted by molar-refractivity contribution is -0.137. The van der Waals surface area contributed by atoms with Crippen molar-refractivity contribution in [1.29, 1.82) is 0 Å². The molecule has 0 unspecified atom stereocenters. The van der Waals surface area contributed by atoms with E-state index in [4.69, 9.17) is 26.7 Å². The molecule has 6 nitrogen and oxygen atoms in total. The summed E-state index contributed by atoms with van der Waals surface area (Å²) >= 11 is 6.06. The lowest BCUT2D eigenvalue weighted by atomic mass is 9.91. The number of carboxylic acid groups (broad SMARTS) is 1. The van der Waals surface area contributed by atoms with Gasteiger partial charge in [-0.1, -0.05) is 35.9 Å². The first-order chi connectivity index (χ1) is 17.9. The first kappa shape index (κ1) is 24.8. The van der Waals surface area contributed by atoms with Gasteiger partial charge in [0.1, 0.15) is 5.82 Å². The summed E-state index contributed by atoms with van der Waals surface area (Å²) in [4.78, 5) is 35.5. The van der Waals surface area contributed by atoms with Gasteiger partial charge in [0.2, 0.25) is 0 Å². The maximum atomic E-state index is 13.6. The smallest absolute Gasteiger partial charge is 0.303 e. The molecule has 1 amide bonds. The van der Waals surface area contributed by atoms with Crippen molar-refractivity contribution in [3.63, 3.8) is 0 Å². The molecule has 1 N–H and O–H groups in total. The Labute approximate surface area is 218 Å². The number of likely N-dealkylation sites (tertiary alicyclic amines) is 1. The minimum Gasteiger partial charge on any atom is -0.481 e. The Hall–Kier alpha value is -3.84. The molecule has 4 aromatic rings. The predicted molar refractivity (Wildman–Crippen MR) is 140 cm³/mol. The van der Waals surface area contributed by atoms with Crippen LogP contribution in [-0.2, 0) is 11.2 Å². The summed E-state index contributed by atoms with van der Waals surface area (Å²) < 4.78 is 13.6. The number of unbranched alkanes of at least 4 members (excludes halogenated alkanes) is 1. The van der Waals surface area contributed by atoms with Crippen molar-refractivity contribution in [3.8, 4) is 11.3 Å². The van der Waals surface area contributed by atoms with Crippen LogP contribution < -0.4 is 0 Å². The largest absolute Gasteiger partial charge is 0.481 e. The van der Waals surface area contributed by atoms with Crippen molar-refractivity contribution in [2.24, 2.45) is 0 Å². The zero-order valence-corrected chi connectivity index (χ0v) is 20.8. The van der Waals surface area contributed by atoms with Gasteiger partial charge in [0, 0.05) is 41.6 Å². The molecule has 0 spiro atoms. The lowest BCUT2D eigenvalue weighted by Crippen LogP contribution is -2.48. The number of amides is 1. The van der Waals surface area contributed by atoms with Crippen LogP contribution in [-0.4, -0.2) is 44.9 Å². The molecule has 2 heterocycles. The molecule has 3 aromatic carbocycles. The molecule has 0 radical (unpaired) electrons. The van der Waals surface area contributed by atoms with Gasteiger partial charge in [-0.3, -0.25) is 9.59 Å². The fourth-order valence-corrected chi connectivity index (χ4v) is 4.73. The number of carboxylic acids is 1. The molecule has 8 heteroatoms. The molecule has 1 aliphatic heterocycles. The minimum absolute atomic E-state index is 0.0962. The Morgan fingerprint density at radius 3 is 2.49 bits per heavy atom. The number of halogens is 2. The molecular formula is C29H25ClFN3O3. The van der Waals surface area contributed by atoms with Crippen molar-refractivity contribution in [1.82, 2.24) is 14.9 Å². The quantitative estimate of drug-likeness (QED) is 0.284. The topological polar surface area (TPSA) is 83.4 Å². The van der Waals surface area contributed by atoms with Crippen LogP contribution in [0.25, 0.3) is 22.3 Å². The zero-order valence-electron chi connectivity index (χ0n) is 20.0. The lowest BCUT2D eigenvalue weighted by Gasteiger charge is -2.39. The second kappa shape index (κ2) is 10.6. The van der Waals surface area contributed by atoms with Gasteiger partial charge in [-0.05, 0) is 67.3 Å². The molecule has 0 bridgehead atoms. The Morgan fingerprint density at radius 1 is 0.973 bits per heavy atom. The zero-order chi connectivity index (χ0) is 25.9. The second-order valence-electron chi connectivity index (χ2n) is 9.29. The summed E-state index contributed by atoms with van der Waals surface area (Å²) in [5.74, 6) is -1.07. The third kappa shape index (κ3) is 5.62. The van der Waals surface area contributed by atoms with E-state index in [0.717, 1.165) is 22.5 Å². The van der Waals surface area contributed by atoms with Crippen LogP contribution in [0.2, 0.25) is 5.02 Å². The summed E-state index contributed by atoms with van der Waals surface area (Å²) in [5.41, 5.74) is 5.04. The van der Waals surface area contributed by atoms with E-state index in [1.54, 1.807) is 41.3 Å². The SMILES string of the molecule is O=C(O)CCCCc1nc2cc(C(=O)N3CC(c4cccc(F)c4)C3)ccc2nc1-c1ccc(Cl)cc1. The van der Waals surface area contributed by atoms with Gasteiger partial charge in [-0.25, -0.2) is 14.4 Å².